The number of carboxylic acids is 1. The van der Waals surface area contributed by atoms with Gasteiger partial charge in [0, 0.05) is 42.8 Å². The van der Waals surface area contributed by atoms with Crippen molar-refractivity contribution in [1.29, 1.82) is 0 Å². The van der Waals surface area contributed by atoms with E-state index in [-0.39, 0.29) is 11.4 Å². The monoisotopic (exact) mass is 658 g/mol. The van der Waals surface area contributed by atoms with Crippen molar-refractivity contribution in [3.05, 3.63) is 121 Å². The average Bonchev–Trinajstić information content (AvgIpc) is 3.06. The summed E-state index contributed by atoms with van der Waals surface area (Å²) in [6.07, 6.45) is -5.08. The van der Waals surface area contributed by atoms with Gasteiger partial charge in [0.25, 0.3) is 0 Å². The number of anilines is 1. The van der Waals surface area contributed by atoms with Crippen molar-refractivity contribution in [1.82, 2.24) is 14.7 Å². The van der Waals surface area contributed by atoms with Gasteiger partial charge in [-0.05, 0) is 41.3 Å². The first kappa shape index (κ1) is 33.0. The number of fused-ring (bicyclic) bond motifs is 2. The Morgan fingerprint density at radius 2 is 1.32 bits per heavy atom. The fourth-order valence-corrected chi connectivity index (χ4v) is 5.90. The number of carbonyl (C=O) groups is 1. The number of sulfonamides is 1. The molecule has 1 aromatic heterocycles. The van der Waals surface area contributed by atoms with E-state index in [1.807, 2.05) is 122 Å². The molecule has 8 nitrogen and oxygen atoms in total. The molecule has 6 rings (SSSR count). The van der Waals surface area contributed by atoms with Crippen molar-refractivity contribution >= 4 is 43.5 Å². The fraction of sp³-hybridized carbons (Fsp3) is 0.114. The van der Waals surface area contributed by atoms with Gasteiger partial charge in [0.05, 0.1) is 27.3 Å². The molecule has 0 aliphatic carbocycles. The molecule has 0 amide bonds. The van der Waals surface area contributed by atoms with Crippen LogP contribution in [0.25, 0.3) is 44.3 Å². The molecule has 0 aliphatic heterocycles. The second kappa shape index (κ2) is 13.6. The van der Waals surface area contributed by atoms with Gasteiger partial charge in [-0.2, -0.15) is 13.2 Å². The minimum absolute atomic E-state index is 0.174. The molecule has 47 heavy (non-hydrogen) atoms. The third kappa shape index (κ3) is 7.74. The number of aliphatic carboxylic acids is 1. The van der Waals surface area contributed by atoms with Gasteiger partial charge >= 0.3 is 12.1 Å². The first-order valence-corrected chi connectivity index (χ1v) is 15.7. The van der Waals surface area contributed by atoms with Crippen molar-refractivity contribution in [2.45, 2.75) is 17.6 Å². The maximum Gasteiger partial charge on any atom is 0.490 e. The smallest absolute Gasteiger partial charge is 0.475 e. The van der Waals surface area contributed by atoms with Crippen LogP contribution in [0.1, 0.15) is 5.56 Å². The van der Waals surface area contributed by atoms with Crippen LogP contribution in [-0.4, -0.2) is 49.7 Å². The zero-order valence-corrected chi connectivity index (χ0v) is 26.0. The Balaban J connectivity index is 0.000000559. The van der Waals surface area contributed by atoms with E-state index in [1.165, 1.54) is 0 Å². The van der Waals surface area contributed by atoms with Crippen LogP contribution in [-0.2, 0) is 21.4 Å². The molecule has 0 atom stereocenters. The van der Waals surface area contributed by atoms with E-state index in [2.05, 4.69) is 4.72 Å². The summed E-state index contributed by atoms with van der Waals surface area (Å²) in [6, 6.07) is 36.7. The third-order valence-electron chi connectivity index (χ3n) is 7.17. The fourth-order valence-electron chi connectivity index (χ4n) is 4.84. The van der Waals surface area contributed by atoms with Gasteiger partial charge in [-0.15, -0.1) is 0 Å². The normalized spacial score (nSPS) is 11.6. The molecule has 0 spiro atoms. The van der Waals surface area contributed by atoms with E-state index in [9.17, 15) is 21.6 Å². The van der Waals surface area contributed by atoms with Gasteiger partial charge in [-0.3, -0.25) is 0 Å². The topological polar surface area (TPSA) is 112 Å². The number of hydrogen-bond acceptors (Lipinski definition) is 6. The van der Waals surface area contributed by atoms with Crippen LogP contribution in [0.5, 0.6) is 0 Å². The lowest BCUT2D eigenvalue weighted by Crippen LogP contribution is -2.23. The lowest BCUT2D eigenvalue weighted by Gasteiger charge is -2.16. The molecule has 240 valence electrons. The molecule has 0 unspecified atom stereocenters. The van der Waals surface area contributed by atoms with Crippen LogP contribution in [0.3, 0.4) is 0 Å². The van der Waals surface area contributed by atoms with Crippen LogP contribution in [0.15, 0.2) is 120 Å². The highest BCUT2D eigenvalue weighted by Crippen LogP contribution is 2.31. The van der Waals surface area contributed by atoms with Gasteiger partial charge in [0.1, 0.15) is 0 Å². The van der Waals surface area contributed by atoms with Crippen LogP contribution in [0, 0.1) is 0 Å². The van der Waals surface area contributed by atoms with Crippen molar-refractivity contribution in [3.8, 4) is 22.5 Å². The lowest BCUT2D eigenvalue weighted by molar-refractivity contribution is -0.192. The second-order valence-corrected chi connectivity index (χ2v) is 12.4. The Hall–Kier alpha value is -5.33. The van der Waals surface area contributed by atoms with Crippen LogP contribution in [0.2, 0.25) is 0 Å². The molecule has 6 aromatic rings. The quantitative estimate of drug-likeness (QED) is 0.185. The molecular formula is C35H29F3N4O4S. The van der Waals surface area contributed by atoms with E-state index in [1.54, 1.807) is 12.1 Å². The zero-order chi connectivity index (χ0) is 33.8. The number of hydrogen-bond donors (Lipinski definition) is 2. The SMILES string of the molecule is CN(C)c1cccc2cc(S(=O)(=O)NCc3ccc(-c4nc5ccccc5nc4-c4ccccc4)cc3)ccc12.O=C(O)C(F)(F)F. The summed E-state index contributed by atoms with van der Waals surface area (Å²) < 4.78 is 60.8. The lowest BCUT2D eigenvalue weighted by atomic mass is 10.0. The Morgan fingerprint density at radius 1 is 0.766 bits per heavy atom. The van der Waals surface area contributed by atoms with Gasteiger partial charge in [0.15, 0.2) is 0 Å². The van der Waals surface area contributed by atoms with E-state index in [0.717, 1.165) is 55.6 Å². The van der Waals surface area contributed by atoms with Gasteiger partial charge < -0.3 is 10.0 Å². The van der Waals surface area contributed by atoms with Gasteiger partial charge in [-0.1, -0.05) is 84.9 Å². The highest BCUT2D eigenvalue weighted by molar-refractivity contribution is 7.89. The maximum absolute atomic E-state index is 13.1. The summed E-state index contributed by atoms with van der Waals surface area (Å²) in [4.78, 5) is 21.0. The number of alkyl halides is 3. The maximum atomic E-state index is 13.1. The first-order valence-electron chi connectivity index (χ1n) is 14.2. The number of rotatable bonds is 7. The van der Waals surface area contributed by atoms with E-state index in [0.29, 0.717) is 0 Å². The van der Waals surface area contributed by atoms with Crippen molar-refractivity contribution in [2.24, 2.45) is 0 Å². The molecule has 0 saturated carbocycles. The van der Waals surface area contributed by atoms with Crippen LogP contribution < -0.4 is 9.62 Å². The highest BCUT2D eigenvalue weighted by atomic mass is 32.2. The van der Waals surface area contributed by atoms with Crippen molar-refractivity contribution in [2.75, 3.05) is 19.0 Å². The first-order chi connectivity index (χ1) is 22.3. The summed E-state index contributed by atoms with van der Waals surface area (Å²) in [5.74, 6) is -2.76. The summed E-state index contributed by atoms with van der Waals surface area (Å²) >= 11 is 0. The molecule has 12 heteroatoms. The molecule has 0 fully saturated rings. The van der Waals surface area contributed by atoms with E-state index < -0.39 is 22.2 Å². The molecule has 0 radical (unpaired) electrons. The number of nitrogens with zero attached hydrogens (tertiary/aromatic N) is 3. The Kier molecular flexibility index (Phi) is 9.54. The highest BCUT2D eigenvalue weighted by Gasteiger charge is 2.38. The number of carboxylic acid groups (broad SMARTS) is 1. The average molecular weight is 659 g/mol. The van der Waals surface area contributed by atoms with Crippen molar-refractivity contribution < 1.29 is 31.5 Å². The van der Waals surface area contributed by atoms with E-state index >= 15 is 0 Å². The molecule has 0 bridgehead atoms. The number of para-hydroxylation sites is 2. The molecule has 0 saturated heterocycles. The number of nitrogens with one attached hydrogen (secondary N) is 1. The predicted molar refractivity (Wildman–Crippen MR) is 176 cm³/mol. The molecule has 2 N–H and O–H groups in total. The largest absolute Gasteiger partial charge is 0.490 e. The van der Waals surface area contributed by atoms with E-state index in [4.69, 9.17) is 19.9 Å². The number of aromatic nitrogens is 2. The molecular weight excluding hydrogens is 629 g/mol. The minimum Gasteiger partial charge on any atom is -0.475 e. The standard InChI is InChI=1S/C33H28N4O2S.C2HF3O2/c1-37(2)31-14-8-11-26-21-27(19-20-28(26)31)40(38,39)34-22-23-15-17-25(18-16-23)33-32(24-9-4-3-5-10-24)35-29-12-6-7-13-30(29)36-33;3-2(4,5)1(6)7/h3-21,34H,22H2,1-2H3;(H,6,7). The van der Waals surface area contributed by atoms with Gasteiger partial charge in [0.2, 0.25) is 10.0 Å². The number of benzene rings is 5. The molecule has 5 aromatic carbocycles. The number of halogens is 3. The Morgan fingerprint density at radius 3 is 1.87 bits per heavy atom. The summed E-state index contributed by atoms with van der Waals surface area (Å²) in [5.41, 5.74) is 7.03. The summed E-state index contributed by atoms with van der Waals surface area (Å²) in [7, 11) is 0.249. The molecule has 0 aliphatic rings. The molecule has 1 heterocycles. The van der Waals surface area contributed by atoms with Crippen LogP contribution in [0.4, 0.5) is 18.9 Å². The minimum atomic E-state index is -5.08. The zero-order valence-electron chi connectivity index (χ0n) is 25.2. The summed E-state index contributed by atoms with van der Waals surface area (Å²) in [6.45, 7) is 0.174. The van der Waals surface area contributed by atoms with Crippen molar-refractivity contribution in [3.63, 3.8) is 0 Å². The Bertz CT molecular complexity index is 2160. The van der Waals surface area contributed by atoms with Gasteiger partial charge in [-0.25, -0.2) is 27.9 Å². The van der Waals surface area contributed by atoms with Crippen LogP contribution >= 0.6 is 0 Å². The Labute approximate surface area is 269 Å². The summed E-state index contributed by atoms with van der Waals surface area (Å²) in [5, 5.41) is 9.01. The second-order valence-electron chi connectivity index (χ2n) is 10.7. The third-order valence-corrected chi connectivity index (χ3v) is 8.57. The predicted octanol–water partition coefficient (Wildman–Crippen LogP) is 7.29.